The van der Waals surface area contributed by atoms with Crippen LogP contribution >= 0.6 is 0 Å². The molecule has 1 amide bonds. The van der Waals surface area contributed by atoms with E-state index in [1.165, 1.54) is 36.1 Å². The van der Waals surface area contributed by atoms with E-state index in [2.05, 4.69) is 23.6 Å². The third kappa shape index (κ3) is 8.53. The van der Waals surface area contributed by atoms with Gasteiger partial charge in [-0.15, -0.1) is 0 Å². The molecule has 0 aromatic heterocycles. The summed E-state index contributed by atoms with van der Waals surface area (Å²) in [6.07, 6.45) is 6.57. The van der Waals surface area contributed by atoms with Gasteiger partial charge in [-0.25, -0.2) is 17.6 Å². The highest BCUT2D eigenvalue weighted by molar-refractivity contribution is 5.70. The lowest BCUT2D eigenvalue weighted by Crippen LogP contribution is -2.52. The topological polar surface area (TPSA) is 66.6 Å². The number of likely N-dealkylation sites (tertiary alicyclic amines) is 1. The minimum Gasteiger partial charge on any atom is -0.390 e. The summed E-state index contributed by atoms with van der Waals surface area (Å²) in [6, 6.07) is 9.85. The van der Waals surface area contributed by atoms with E-state index in [-0.39, 0.29) is 31.2 Å². The van der Waals surface area contributed by atoms with E-state index in [0.29, 0.717) is 30.7 Å². The Kier molecular flexibility index (Phi) is 11.2. The number of nitrogens with zero attached hydrogens (tertiary/aromatic N) is 1. The smallest absolute Gasteiger partial charge is 0.249 e. The number of hydrogen-bond acceptors (Lipinski definition) is 3. The number of aliphatic hydroxyl groups is 1. The number of aryl methyl sites for hydroxylation is 1. The molecule has 1 unspecified atom stereocenters. The summed E-state index contributed by atoms with van der Waals surface area (Å²) in [6.45, 7) is 7.71. The van der Waals surface area contributed by atoms with Crippen molar-refractivity contribution < 1.29 is 27.5 Å². The van der Waals surface area contributed by atoms with Crippen molar-refractivity contribution in [3.8, 4) is 11.1 Å². The Morgan fingerprint density at radius 2 is 1.65 bits per heavy atom. The van der Waals surface area contributed by atoms with E-state index in [9.17, 15) is 22.7 Å². The normalized spacial score (nSPS) is 22.0. The zero-order valence-corrected chi connectivity index (χ0v) is 23.9. The van der Waals surface area contributed by atoms with Crippen molar-refractivity contribution in [3.05, 3.63) is 59.2 Å². The van der Waals surface area contributed by atoms with Gasteiger partial charge in [0.05, 0.1) is 5.60 Å². The quantitative estimate of drug-likeness (QED) is 0.298. The molecule has 2 aromatic rings. The molecule has 3 aliphatic rings. The Bertz CT molecular complexity index is 1090. The van der Waals surface area contributed by atoms with Gasteiger partial charge in [-0.2, -0.15) is 0 Å². The second-order valence-corrected chi connectivity index (χ2v) is 11.7. The number of primary amides is 1. The average molecular weight is 565 g/mol. The molecular weight excluding hydrogens is 520 g/mol. The maximum atomic E-state index is 13.4. The van der Waals surface area contributed by atoms with Crippen LogP contribution in [-0.2, 0) is 11.2 Å². The van der Waals surface area contributed by atoms with E-state index in [1.54, 1.807) is 0 Å². The van der Waals surface area contributed by atoms with Gasteiger partial charge in [-0.1, -0.05) is 39.0 Å². The van der Waals surface area contributed by atoms with Crippen LogP contribution in [0.5, 0.6) is 0 Å². The number of hydrogen-bond donors (Lipinski definition) is 2. The van der Waals surface area contributed by atoms with Gasteiger partial charge in [-0.05, 0) is 91.2 Å². The number of halogens is 4. The van der Waals surface area contributed by atoms with E-state index in [0.717, 1.165) is 37.6 Å². The number of amides is 1. The first-order valence-corrected chi connectivity index (χ1v) is 14.5. The second kappa shape index (κ2) is 13.9. The van der Waals surface area contributed by atoms with Gasteiger partial charge in [0, 0.05) is 38.0 Å². The Labute approximate surface area is 235 Å². The van der Waals surface area contributed by atoms with Crippen LogP contribution in [0, 0.1) is 17.6 Å². The molecule has 4 nitrogen and oxygen atoms in total. The lowest BCUT2D eigenvalue weighted by Gasteiger charge is -2.45. The summed E-state index contributed by atoms with van der Waals surface area (Å²) in [4.78, 5) is 10.8. The largest absolute Gasteiger partial charge is 0.390 e. The van der Waals surface area contributed by atoms with Gasteiger partial charge in [0.2, 0.25) is 12.3 Å². The van der Waals surface area contributed by atoms with Crippen molar-refractivity contribution >= 4 is 6.41 Å². The van der Waals surface area contributed by atoms with Crippen molar-refractivity contribution in [3.63, 3.8) is 0 Å². The molecule has 3 fully saturated rings. The third-order valence-electron chi connectivity index (χ3n) is 8.61. The highest BCUT2D eigenvalue weighted by Crippen LogP contribution is 2.46. The first-order valence-electron chi connectivity index (χ1n) is 14.5. The Balaban J connectivity index is 0.000000201. The Morgan fingerprint density at radius 1 is 1.05 bits per heavy atom. The van der Waals surface area contributed by atoms with Gasteiger partial charge in [0.1, 0.15) is 11.6 Å². The van der Waals surface area contributed by atoms with Gasteiger partial charge in [0.25, 0.3) is 0 Å². The summed E-state index contributed by atoms with van der Waals surface area (Å²) in [5, 5.41) is 10.4. The summed E-state index contributed by atoms with van der Waals surface area (Å²) >= 11 is 0. The van der Waals surface area contributed by atoms with Crippen molar-refractivity contribution in [2.45, 2.75) is 102 Å². The van der Waals surface area contributed by atoms with E-state index >= 15 is 0 Å². The molecule has 1 saturated heterocycles. The van der Waals surface area contributed by atoms with Crippen LogP contribution in [0.1, 0.15) is 89.2 Å². The standard InChI is InChI=1S/C17H16F2.C14H25F2NO.CH3NO/c1-2-11-4-3-5-16(17(11)12-6-7-12)13-8-14(18)10-15(19)9-13;1-11(2)13(18)6-8-17(9-7-13)12-4-3-5-14(15,16)10-12;2-1-3/h3-5,8-10,12H,2,6-7H2,1H3;11-12,18H,3-10H2,1-2H3;1H,(H2,2,3). The van der Waals surface area contributed by atoms with Crippen LogP contribution in [0.25, 0.3) is 11.1 Å². The molecule has 2 aromatic carbocycles. The van der Waals surface area contributed by atoms with E-state index in [1.807, 2.05) is 26.0 Å². The van der Waals surface area contributed by atoms with E-state index < -0.39 is 23.2 Å². The molecule has 40 heavy (non-hydrogen) atoms. The SMILES string of the molecule is CC(C)C1(O)CCN(C2CCCC(F)(F)C2)CC1.CCc1cccc(-c2cc(F)cc(F)c2)c1C1CC1.NC=O. The lowest BCUT2D eigenvalue weighted by atomic mass is 9.80. The second-order valence-electron chi connectivity index (χ2n) is 11.7. The predicted molar refractivity (Wildman–Crippen MR) is 151 cm³/mol. The Morgan fingerprint density at radius 3 is 2.15 bits per heavy atom. The van der Waals surface area contributed by atoms with Crippen LogP contribution in [0.4, 0.5) is 17.6 Å². The number of piperidine rings is 1. The molecule has 3 N–H and O–H groups in total. The van der Waals surface area contributed by atoms with Crippen molar-refractivity contribution in [1.82, 2.24) is 4.90 Å². The molecule has 0 radical (unpaired) electrons. The maximum Gasteiger partial charge on any atom is 0.249 e. The zero-order valence-electron chi connectivity index (χ0n) is 23.9. The molecule has 0 spiro atoms. The Hall–Kier alpha value is -2.45. The maximum absolute atomic E-state index is 13.4. The number of benzene rings is 2. The van der Waals surface area contributed by atoms with E-state index in [4.69, 9.17) is 4.79 Å². The predicted octanol–water partition coefficient (Wildman–Crippen LogP) is 7.22. The fourth-order valence-corrected chi connectivity index (χ4v) is 6.05. The van der Waals surface area contributed by atoms with Gasteiger partial charge in [0.15, 0.2) is 0 Å². The van der Waals surface area contributed by atoms with Gasteiger partial charge in [-0.3, -0.25) is 9.69 Å². The molecule has 1 aliphatic heterocycles. The van der Waals surface area contributed by atoms with Gasteiger partial charge < -0.3 is 10.8 Å². The molecule has 8 heteroatoms. The van der Waals surface area contributed by atoms with Crippen molar-refractivity contribution in [1.29, 1.82) is 0 Å². The van der Waals surface area contributed by atoms with Crippen LogP contribution in [0.15, 0.2) is 36.4 Å². The summed E-state index contributed by atoms with van der Waals surface area (Å²) in [7, 11) is 0. The number of alkyl halides is 2. The monoisotopic (exact) mass is 564 g/mol. The first kappa shape index (κ1) is 32.1. The molecule has 1 atom stereocenters. The number of carbonyl (C=O) groups excluding carboxylic acids is 1. The highest BCUT2D eigenvalue weighted by Gasteiger charge is 2.42. The molecular formula is C32H44F4N2O2. The minimum atomic E-state index is -2.48. The number of carbonyl (C=O) groups is 1. The van der Waals surface area contributed by atoms with Gasteiger partial charge >= 0.3 is 0 Å². The van der Waals surface area contributed by atoms with Crippen LogP contribution < -0.4 is 5.73 Å². The van der Waals surface area contributed by atoms with Crippen LogP contribution in [0.2, 0.25) is 0 Å². The highest BCUT2D eigenvalue weighted by atomic mass is 19.3. The summed E-state index contributed by atoms with van der Waals surface area (Å²) in [5.74, 6) is -2.70. The molecule has 222 valence electrons. The summed E-state index contributed by atoms with van der Waals surface area (Å²) in [5.41, 5.74) is 7.79. The molecule has 0 bridgehead atoms. The third-order valence-corrected chi connectivity index (χ3v) is 8.61. The van der Waals surface area contributed by atoms with Crippen LogP contribution in [-0.4, -0.2) is 47.1 Å². The lowest BCUT2D eigenvalue weighted by molar-refractivity contribution is -0.107. The van der Waals surface area contributed by atoms with Crippen molar-refractivity contribution in [2.24, 2.45) is 11.7 Å². The number of rotatable bonds is 5. The molecule has 5 rings (SSSR count). The fourth-order valence-electron chi connectivity index (χ4n) is 6.05. The zero-order chi connectivity index (χ0) is 29.5. The average Bonchev–Trinajstić information content (AvgIpc) is 3.74. The molecule has 1 heterocycles. The van der Waals surface area contributed by atoms with Crippen molar-refractivity contribution in [2.75, 3.05) is 13.1 Å². The van der Waals surface area contributed by atoms with Crippen LogP contribution in [0.3, 0.4) is 0 Å². The number of nitrogens with two attached hydrogens (primary N) is 1. The fraction of sp³-hybridized carbons (Fsp3) is 0.594. The minimum absolute atomic E-state index is 0.00705. The molecule has 2 saturated carbocycles. The first-order chi connectivity index (χ1) is 18.9. The molecule has 2 aliphatic carbocycles. The summed E-state index contributed by atoms with van der Waals surface area (Å²) < 4.78 is 53.6.